The van der Waals surface area contributed by atoms with Crippen LogP contribution in [0, 0.1) is 6.10 Å². The monoisotopic (exact) mass is 167 g/mol. The summed E-state index contributed by atoms with van der Waals surface area (Å²) in [6, 6.07) is 0. The summed E-state index contributed by atoms with van der Waals surface area (Å²) in [7, 11) is 0. The van der Waals surface area contributed by atoms with Crippen molar-refractivity contribution in [3.63, 3.8) is 0 Å². The number of ether oxygens (including phenoxy) is 1. The molecule has 0 aromatic carbocycles. The van der Waals surface area contributed by atoms with Crippen molar-refractivity contribution in [3.05, 3.63) is 6.10 Å². The summed E-state index contributed by atoms with van der Waals surface area (Å²) < 4.78 is 5.97. The van der Waals surface area contributed by atoms with Crippen molar-refractivity contribution < 1.29 is 4.74 Å². The van der Waals surface area contributed by atoms with Gasteiger partial charge in [0.15, 0.2) is 0 Å². The summed E-state index contributed by atoms with van der Waals surface area (Å²) in [6.45, 7) is 0. The highest BCUT2D eigenvalue weighted by molar-refractivity contribution is 4.84. The average Bonchev–Trinajstić information content (AvgIpc) is 2.59. The minimum atomic E-state index is 0.595. The number of rotatable bonds is 2. The molecule has 0 unspecified atom stereocenters. The molecule has 0 spiro atoms. The Morgan fingerprint density at radius 2 is 1.50 bits per heavy atom. The normalized spacial score (nSPS) is 28.0. The summed E-state index contributed by atoms with van der Waals surface area (Å²) in [6.07, 6.45) is 14.0. The van der Waals surface area contributed by atoms with Crippen molar-refractivity contribution in [1.29, 1.82) is 0 Å². The molecule has 0 atom stereocenters. The SMILES string of the molecule is C1CC[C](OC2CCCC2)CC1. The Morgan fingerprint density at radius 3 is 2.17 bits per heavy atom. The van der Waals surface area contributed by atoms with Crippen LogP contribution in [0.5, 0.6) is 0 Å². The van der Waals surface area contributed by atoms with Gasteiger partial charge in [-0.15, -0.1) is 0 Å². The Morgan fingerprint density at radius 1 is 0.833 bits per heavy atom. The van der Waals surface area contributed by atoms with Crippen LogP contribution in [-0.4, -0.2) is 6.10 Å². The molecule has 2 rings (SSSR count). The third-order valence-electron chi connectivity index (χ3n) is 3.05. The molecule has 0 aromatic rings. The van der Waals surface area contributed by atoms with Gasteiger partial charge in [0.1, 0.15) is 0 Å². The molecule has 0 aliphatic heterocycles. The van der Waals surface area contributed by atoms with Gasteiger partial charge in [-0.25, -0.2) is 0 Å². The third kappa shape index (κ3) is 2.22. The van der Waals surface area contributed by atoms with Gasteiger partial charge in [0.05, 0.1) is 12.2 Å². The van der Waals surface area contributed by atoms with E-state index in [9.17, 15) is 0 Å². The molecule has 1 nitrogen and oxygen atoms in total. The van der Waals surface area contributed by atoms with Crippen LogP contribution in [0.2, 0.25) is 0 Å². The molecule has 2 aliphatic carbocycles. The molecule has 0 bridgehead atoms. The van der Waals surface area contributed by atoms with Crippen molar-refractivity contribution >= 4 is 0 Å². The molecule has 2 saturated carbocycles. The summed E-state index contributed by atoms with van der Waals surface area (Å²) >= 11 is 0. The largest absolute Gasteiger partial charge is 0.369 e. The first kappa shape index (κ1) is 8.55. The van der Waals surface area contributed by atoms with Gasteiger partial charge in [0.25, 0.3) is 0 Å². The van der Waals surface area contributed by atoms with E-state index in [4.69, 9.17) is 4.74 Å². The summed E-state index contributed by atoms with van der Waals surface area (Å²) in [5.74, 6) is 0. The minimum absolute atomic E-state index is 0.595. The van der Waals surface area contributed by atoms with Gasteiger partial charge in [-0.3, -0.25) is 0 Å². The number of hydrogen-bond acceptors (Lipinski definition) is 1. The second-order valence-corrected chi connectivity index (χ2v) is 4.12. The molecule has 2 aliphatic rings. The third-order valence-corrected chi connectivity index (χ3v) is 3.05. The maximum Gasteiger partial charge on any atom is 0.0974 e. The van der Waals surface area contributed by atoms with Crippen molar-refractivity contribution in [1.82, 2.24) is 0 Å². The molecular formula is C11H19O. The first-order chi connectivity index (χ1) is 5.95. The molecule has 1 radical (unpaired) electrons. The van der Waals surface area contributed by atoms with Crippen molar-refractivity contribution in [2.24, 2.45) is 0 Å². The summed E-state index contributed by atoms with van der Waals surface area (Å²) in [4.78, 5) is 0. The van der Waals surface area contributed by atoms with Crippen LogP contribution in [0.25, 0.3) is 0 Å². The molecule has 12 heavy (non-hydrogen) atoms. The Labute approximate surface area is 75.5 Å². The average molecular weight is 167 g/mol. The first-order valence-electron chi connectivity index (χ1n) is 5.46. The number of hydrogen-bond donors (Lipinski definition) is 0. The van der Waals surface area contributed by atoms with E-state index in [0.29, 0.717) is 6.10 Å². The van der Waals surface area contributed by atoms with E-state index in [1.54, 1.807) is 0 Å². The molecule has 69 valence electrons. The van der Waals surface area contributed by atoms with Gasteiger partial charge in [0.2, 0.25) is 0 Å². The van der Waals surface area contributed by atoms with E-state index in [2.05, 4.69) is 0 Å². The van der Waals surface area contributed by atoms with Crippen molar-refractivity contribution in [2.75, 3.05) is 0 Å². The first-order valence-corrected chi connectivity index (χ1v) is 5.46. The van der Waals surface area contributed by atoms with E-state index in [-0.39, 0.29) is 0 Å². The predicted molar refractivity (Wildman–Crippen MR) is 49.7 cm³/mol. The highest BCUT2D eigenvalue weighted by atomic mass is 16.5. The zero-order valence-electron chi connectivity index (χ0n) is 7.85. The fourth-order valence-electron chi connectivity index (χ4n) is 2.31. The van der Waals surface area contributed by atoms with Crippen LogP contribution in [0.1, 0.15) is 57.8 Å². The maximum atomic E-state index is 5.97. The Bertz CT molecular complexity index is 121. The van der Waals surface area contributed by atoms with Crippen molar-refractivity contribution in [2.45, 2.75) is 63.9 Å². The smallest absolute Gasteiger partial charge is 0.0974 e. The molecule has 2 fully saturated rings. The highest BCUT2D eigenvalue weighted by Crippen LogP contribution is 2.31. The van der Waals surface area contributed by atoms with Gasteiger partial charge in [-0.2, -0.15) is 0 Å². The second kappa shape index (κ2) is 4.27. The van der Waals surface area contributed by atoms with Crippen LogP contribution in [0.4, 0.5) is 0 Å². The molecule has 0 saturated heterocycles. The lowest BCUT2D eigenvalue weighted by atomic mass is 9.97. The van der Waals surface area contributed by atoms with Gasteiger partial charge >= 0.3 is 0 Å². The standard InChI is InChI=1S/C11H19O/c1-2-6-10(7-3-1)12-11-8-4-5-9-11/h11H,1-9H2. The highest BCUT2D eigenvalue weighted by Gasteiger charge is 2.22. The fourth-order valence-corrected chi connectivity index (χ4v) is 2.31. The molecule has 0 amide bonds. The van der Waals surface area contributed by atoms with Crippen LogP contribution >= 0.6 is 0 Å². The maximum absolute atomic E-state index is 5.97. The Hall–Kier alpha value is -0.0400. The zero-order chi connectivity index (χ0) is 8.23. The Kier molecular flexibility index (Phi) is 3.04. The molecule has 0 aromatic heterocycles. The van der Waals surface area contributed by atoms with E-state index < -0.39 is 0 Å². The lowest BCUT2D eigenvalue weighted by Gasteiger charge is -2.24. The van der Waals surface area contributed by atoms with Crippen LogP contribution in [0.15, 0.2) is 0 Å². The molecule has 0 heterocycles. The molecule has 1 heteroatoms. The van der Waals surface area contributed by atoms with E-state index in [1.807, 2.05) is 0 Å². The quantitative estimate of drug-likeness (QED) is 0.612. The van der Waals surface area contributed by atoms with E-state index >= 15 is 0 Å². The van der Waals surface area contributed by atoms with Gasteiger partial charge in [0, 0.05) is 0 Å². The second-order valence-electron chi connectivity index (χ2n) is 4.12. The molecule has 0 N–H and O–H groups in total. The van der Waals surface area contributed by atoms with Crippen LogP contribution in [-0.2, 0) is 4.74 Å². The minimum Gasteiger partial charge on any atom is -0.369 e. The molecular weight excluding hydrogens is 148 g/mol. The van der Waals surface area contributed by atoms with Gasteiger partial charge in [-0.05, 0) is 25.7 Å². The van der Waals surface area contributed by atoms with E-state index in [0.717, 1.165) is 0 Å². The van der Waals surface area contributed by atoms with Crippen molar-refractivity contribution in [3.8, 4) is 0 Å². The summed E-state index contributed by atoms with van der Waals surface area (Å²) in [5, 5.41) is 0. The van der Waals surface area contributed by atoms with Gasteiger partial charge in [-0.1, -0.05) is 32.1 Å². The Balaban J connectivity index is 1.69. The fraction of sp³-hybridized carbons (Fsp3) is 0.909. The summed E-state index contributed by atoms with van der Waals surface area (Å²) in [5.41, 5.74) is 0. The lowest BCUT2D eigenvalue weighted by Crippen LogP contribution is -2.15. The predicted octanol–water partition coefficient (Wildman–Crippen LogP) is 3.44. The van der Waals surface area contributed by atoms with Crippen LogP contribution in [0.3, 0.4) is 0 Å². The topological polar surface area (TPSA) is 9.23 Å². The van der Waals surface area contributed by atoms with E-state index in [1.165, 1.54) is 63.9 Å². The zero-order valence-corrected chi connectivity index (χ0v) is 7.85. The van der Waals surface area contributed by atoms with Crippen LogP contribution < -0.4 is 0 Å². The lowest BCUT2D eigenvalue weighted by molar-refractivity contribution is 0.0464. The van der Waals surface area contributed by atoms with Gasteiger partial charge < -0.3 is 4.74 Å².